The maximum absolute atomic E-state index is 13.4. The first-order chi connectivity index (χ1) is 17.1. The minimum Gasteiger partial charge on any atom is -0.508 e. The number of amides is 3. The number of nitrogens with zero attached hydrogens (tertiary/aromatic N) is 2. The zero-order chi connectivity index (χ0) is 26.4. The zero-order valence-electron chi connectivity index (χ0n) is 19.8. The number of phenols is 1. The average Bonchev–Trinajstić information content (AvgIpc) is 3.52. The number of nitrogens with two attached hydrogens (primary N) is 1. The topological polar surface area (TPSA) is 191 Å². The maximum atomic E-state index is 13.4. The Kier molecular flexibility index (Phi) is 8.86. The van der Waals surface area contributed by atoms with Gasteiger partial charge in [0.05, 0.1) is 6.04 Å². The van der Waals surface area contributed by atoms with E-state index in [9.17, 15) is 34.2 Å². The monoisotopic (exact) mass is 504 g/mol. The molecular formula is C24H32N4O8. The van der Waals surface area contributed by atoms with Crippen molar-refractivity contribution in [3.63, 3.8) is 0 Å². The third kappa shape index (κ3) is 6.51. The molecule has 1 aromatic rings. The highest BCUT2D eigenvalue weighted by molar-refractivity contribution is 5.95. The van der Waals surface area contributed by atoms with E-state index in [1.54, 1.807) is 12.1 Å². The van der Waals surface area contributed by atoms with Crippen LogP contribution in [-0.4, -0.2) is 92.0 Å². The molecule has 0 spiro atoms. The van der Waals surface area contributed by atoms with Gasteiger partial charge in [-0.3, -0.25) is 19.2 Å². The first-order valence-corrected chi connectivity index (χ1v) is 12.0. The van der Waals surface area contributed by atoms with E-state index < -0.39 is 53.8 Å². The van der Waals surface area contributed by atoms with E-state index in [0.717, 1.165) is 0 Å². The first-order valence-electron chi connectivity index (χ1n) is 12.0. The van der Waals surface area contributed by atoms with Crippen molar-refractivity contribution >= 4 is 29.7 Å². The summed E-state index contributed by atoms with van der Waals surface area (Å²) in [5.74, 6) is -3.72. The third-order valence-corrected chi connectivity index (χ3v) is 6.64. The van der Waals surface area contributed by atoms with Crippen LogP contribution in [0, 0.1) is 0 Å². The van der Waals surface area contributed by atoms with Gasteiger partial charge in [0.15, 0.2) is 0 Å². The number of phenolic OH excluding ortho intramolecular Hbond substituents is 1. The Balaban J connectivity index is 1.66. The van der Waals surface area contributed by atoms with Gasteiger partial charge in [0.1, 0.15) is 23.9 Å². The van der Waals surface area contributed by atoms with Crippen molar-refractivity contribution in [2.75, 3.05) is 13.1 Å². The number of hydrogen-bond donors (Lipinski definition) is 5. The summed E-state index contributed by atoms with van der Waals surface area (Å²) in [5, 5.41) is 30.4. The number of carboxylic acids is 2. The number of hydrogen-bond acceptors (Lipinski definition) is 7. The molecule has 3 rings (SSSR count). The molecule has 0 radical (unpaired) electrons. The van der Waals surface area contributed by atoms with Crippen LogP contribution in [0.15, 0.2) is 24.3 Å². The van der Waals surface area contributed by atoms with E-state index >= 15 is 0 Å². The lowest BCUT2D eigenvalue weighted by Crippen LogP contribution is -2.56. The number of aliphatic carboxylic acids is 2. The number of carbonyl (C=O) groups is 5. The molecule has 1 aromatic carbocycles. The van der Waals surface area contributed by atoms with Crippen molar-refractivity contribution in [2.45, 2.75) is 69.1 Å². The Morgan fingerprint density at radius 2 is 1.58 bits per heavy atom. The average molecular weight is 505 g/mol. The first kappa shape index (κ1) is 26.9. The number of rotatable bonds is 10. The summed E-state index contributed by atoms with van der Waals surface area (Å²) in [4.78, 5) is 64.6. The fourth-order valence-corrected chi connectivity index (χ4v) is 4.73. The molecule has 3 amide bonds. The summed E-state index contributed by atoms with van der Waals surface area (Å²) in [5.41, 5.74) is 6.49. The number of aromatic hydroxyl groups is 1. The van der Waals surface area contributed by atoms with Crippen LogP contribution in [0.4, 0.5) is 0 Å². The fraction of sp³-hybridized carbons (Fsp3) is 0.542. The number of carboxylic acid groups (broad SMARTS) is 2. The van der Waals surface area contributed by atoms with Crippen LogP contribution in [-0.2, 0) is 30.4 Å². The van der Waals surface area contributed by atoms with Crippen molar-refractivity contribution in [1.82, 2.24) is 15.1 Å². The van der Waals surface area contributed by atoms with Gasteiger partial charge in [-0.05, 0) is 49.8 Å². The van der Waals surface area contributed by atoms with Crippen molar-refractivity contribution in [3.05, 3.63) is 29.8 Å². The second kappa shape index (κ2) is 11.8. The maximum Gasteiger partial charge on any atom is 0.326 e. The van der Waals surface area contributed by atoms with Crippen LogP contribution in [0.1, 0.15) is 44.1 Å². The molecule has 0 saturated carbocycles. The summed E-state index contributed by atoms with van der Waals surface area (Å²) in [6, 6.07) is 2.06. The van der Waals surface area contributed by atoms with Gasteiger partial charge in [-0.25, -0.2) is 4.79 Å². The van der Waals surface area contributed by atoms with Crippen LogP contribution in [0.25, 0.3) is 0 Å². The van der Waals surface area contributed by atoms with Crippen LogP contribution < -0.4 is 11.1 Å². The SMILES string of the molecule is NC(CCC(=O)O)C(=O)N1CCCC1C(=O)N1CCCC1C(=O)NC(Cc1ccc(O)cc1)C(=O)O. The lowest BCUT2D eigenvalue weighted by Gasteiger charge is -2.32. The Hall–Kier alpha value is -3.67. The predicted molar refractivity (Wildman–Crippen MR) is 126 cm³/mol. The second-order valence-electron chi connectivity index (χ2n) is 9.19. The zero-order valence-corrected chi connectivity index (χ0v) is 19.8. The molecule has 2 aliphatic rings. The second-order valence-corrected chi connectivity index (χ2v) is 9.19. The number of carbonyl (C=O) groups excluding carboxylic acids is 3. The molecular weight excluding hydrogens is 472 g/mol. The molecule has 196 valence electrons. The van der Waals surface area contributed by atoms with Crippen molar-refractivity contribution in [1.29, 1.82) is 0 Å². The smallest absolute Gasteiger partial charge is 0.326 e. The van der Waals surface area contributed by atoms with Crippen molar-refractivity contribution in [2.24, 2.45) is 5.73 Å². The molecule has 2 heterocycles. The van der Waals surface area contributed by atoms with E-state index in [2.05, 4.69) is 5.32 Å². The van der Waals surface area contributed by atoms with Gasteiger partial charge in [0.2, 0.25) is 17.7 Å². The van der Waals surface area contributed by atoms with Crippen molar-refractivity contribution in [3.8, 4) is 5.75 Å². The molecule has 0 bridgehead atoms. The Labute approximate surface area is 208 Å². The van der Waals surface area contributed by atoms with Crippen LogP contribution in [0.2, 0.25) is 0 Å². The molecule has 0 aromatic heterocycles. The molecule has 6 N–H and O–H groups in total. The molecule has 36 heavy (non-hydrogen) atoms. The lowest BCUT2D eigenvalue weighted by molar-refractivity contribution is -0.148. The quantitative estimate of drug-likeness (QED) is 0.284. The molecule has 2 aliphatic heterocycles. The highest BCUT2D eigenvalue weighted by atomic mass is 16.4. The summed E-state index contributed by atoms with van der Waals surface area (Å²) < 4.78 is 0. The Bertz CT molecular complexity index is 998. The van der Waals surface area contributed by atoms with Gasteiger partial charge >= 0.3 is 11.9 Å². The normalized spacial score (nSPS) is 21.1. The minimum absolute atomic E-state index is 0.00115. The standard InChI is InChI=1S/C24H32N4O8/c25-16(9-10-20(30)31)22(33)28-12-2-4-19(28)23(34)27-11-1-3-18(27)21(32)26-17(24(35)36)13-14-5-7-15(29)8-6-14/h5-8,16-19,29H,1-4,9-13,25H2,(H,26,32)(H,30,31)(H,35,36). The number of likely N-dealkylation sites (tertiary alicyclic amines) is 2. The van der Waals surface area contributed by atoms with Gasteiger partial charge < -0.3 is 36.2 Å². The largest absolute Gasteiger partial charge is 0.508 e. The van der Waals surface area contributed by atoms with Gasteiger partial charge in [0, 0.05) is 25.9 Å². The van der Waals surface area contributed by atoms with Crippen molar-refractivity contribution < 1.29 is 39.3 Å². The number of benzene rings is 1. The third-order valence-electron chi connectivity index (χ3n) is 6.64. The highest BCUT2D eigenvalue weighted by Gasteiger charge is 2.43. The fourth-order valence-electron chi connectivity index (χ4n) is 4.73. The Morgan fingerprint density at radius 3 is 2.19 bits per heavy atom. The van der Waals surface area contributed by atoms with Crippen LogP contribution >= 0.6 is 0 Å². The molecule has 12 nitrogen and oxygen atoms in total. The molecule has 4 atom stereocenters. The molecule has 12 heteroatoms. The van der Waals surface area contributed by atoms with Gasteiger partial charge in [-0.1, -0.05) is 12.1 Å². The summed E-state index contributed by atoms with van der Waals surface area (Å²) in [6.07, 6.45) is 1.59. The summed E-state index contributed by atoms with van der Waals surface area (Å²) in [7, 11) is 0. The van der Waals surface area contributed by atoms with E-state index in [-0.39, 0.29) is 25.0 Å². The molecule has 4 unspecified atom stereocenters. The lowest BCUT2D eigenvalue weighted by atomic mass is 10.0. The predicted octanol–water partition coefficient (Wildman–Crippen LogP) is -0.322. The highest BCUT2D eigenvalue weighted by Crippen LogP contribution is 2.26. The van der Waals surface area contributed by atoms with E-state index in [0.29, 0.717) is 44.3 Å². The molecule has 2 fully saturated rings. The van der Waals surface area contributed by atoms with E-state index in [1.165, 1.54) is 21.9 Å². The molecule has 2 saturated heterocycles. The van der Waals surface area contributed by atoms with Gasteiger partial charge in [-0.15, -0.1) is 0 Å². The number of nitrogens with one attached hydrogen (secondary N) is 1. The van der Waals surface area contributed by atoms with E-state index in [4.69, 9.17) is 10.8 Å². The summed E-state index contributed by atoms with van der Waals surface area (Å²) >= 11 is 0. The van der Waals surface area contributed by atoms with E-state index in [1.807, 2.05) is 0 Å². The van der Waals surface area contributed by atoms with Crippen LogP contribution in [0.5, 0.6) is 5.75 Å². The molecule has 0 aliphatic carbocycles. The minimum atomic E-state index is -1.23. The van der Waals surface area contributed by atoms with Gasteiger partial charge in [0.25, 0.3) is 0 Å². The van der Waals surface area contributed by atoms with Gasteiger partial charge in [-0.2, -0.15) is 0 Å². The Morgan fingerprint density at radius 1 is 0.972 bits per heavy atom. The van der Waals surface area contributed by atoms with Crippen LogP contribution in [0.3, 0.4) is 0 Å². The summed E-state index contributed by atoms with van der Waals surface area (Å²) in [6.45, 7) is 0.616.